The molecule has 1 N–H and O–H groups in total. The molecule has 138 valence electrons. The molecule has 0 aliphatic heterocycles. The van der Waals surface area contributed by atoms with Crippen LogP contribution in [0, 0.1) is 26.7 Å². The highest BCUT2D eigenvalue weighted by atomic mass is 16.4. The summed E-state index contributed by atoms with van der Waals surface area (Å²) in [5, 5.41) is 11.0. The van der Waals surface area contributed by atoms with Gasteiger partial charge in [0.15, 0.2) is 0 Å². The number of benzene rings is 2. The minimum absolute atomic E-state index is 0.00115. The first kappa shape index (κ1) is 17.5. The van der Waals surface area contributed by atoms with Gasteiger partial charge in [-0.1, -0.05) is 12.1 Å². The summed E-state index contributed by atoms with van der Waals surface area (Å²) in [6.45, 7) is 6.68. The van der Waals surface area contributed by atoms with E-state index in [0.29, 0.717) is 23.3 Å². The molecule has 1 aromatic heterocycles. The van der Waals surface area contributed by atoms with Gasteiger partial charge in [-0.25, -0.2) is 0 Å². The van der Waals surface area contributed by atoms with Crippen LogP contribution in [0.5, 0.6) is 0 Å². The SMILES string of the molecule is Cc1nnc(-c2ccc(-c3cc(C(=O)NCC4CC4)ccc3C)c(C)c2)o1. The van der Waals surface area contributed by atoms with Gasteiger partial charge in [0.25, 0.3) is 5.91 Å². The van der Waals surface area contributed by atoms with Gasteiger partial charge in [-0.2, -0.15) is 0 Å². The lowest BCUT2D eigenvalue weighted by Gasteiger charge is -2.13. The second kappa shape index (κ2) is 6.99. The minimum atomic E-state index is -0.00115. The summed E-state index contributed by atoms with van der Waals surface area (Å²) in [5.74, 6) is 1.74. The fourth-order valence-corrected chi connectivity index (χ4v) is 3.23. The second-order valence-corrected chi connectivity index (χ2v) is 7.34. The van der Waals surface area contributed by atoms with Gasteiger partial charge in [0.05, 0.1) is 0 Å². The highest BCUT2D eigenvalue weighted by molar-refractivity contribution is 5.96. The first-order chi connectivity index (χ1) is 13.0. The lowest BCUT2D eigenvalue weighted by Crippen LogP contribution is -2.25. The zero-order chi connectivity index (χ0) is 19.0. The van der Waals surface area contributed by atoms with Gasteiger partial charge in [0, 0.05) is 24.6 Å². The summed E-state index contributed by atoms with van der Waals surface area (Å²) in [7, 11) is 0. The Bertz CT molecular complexity index is 1000. The van der Waals surface area contributed by atoms with Gasteiger partial charge < -0.3 is 9.73 Å². The Balaban J connectivity index is 1.63. The molecule has 1 aliphatic carbocycles. The molecule has 1 aliphatic rings. The summed E-state index contributed by atoms with van der Waals surface area (Å²) >= 11 is 0. The third-order valence-corrected chi connectivity index (χ3v) is 5.04. The maximum Gasteiger partial charge on any atom is 0.251 e. The highest BCUT2D eigenvalue weighted by Crippen LogP contribution is 2.31. The fraction of sp³-hybridized carbons (Fsp3) is 0.318. The summed E-state index contributed by atoms with van der Waals surface area (Å²) in [5.41, 5.74) is 6.00. The number of aryl methyl sites for hydroxylation is 3. The van der Waals surface area contributed by atoms with E-state index in [1.807, 2.05) is 30.3 Å². The van der Waals surface area contributed by atoms with Gasteiger partial charge in [-0.3, -0.25) is 4.79 Å². The first-order valence-electron chi connectivity index (χ1n) is 9.31. The Kier molecular flexibility index (Phi) is 4.52. The molecule has 0 bridgehead atoms. The third-order valence-electron chi connectivity index (χ3n) is 5.04. The highest BCUT2D eigenvalue weighted by Gasteiger charge is 2.22. The van der Waals surface area contributed by atoms with Crippen molar-refractivity contribution < 1.29 is 9.21 Å². The molecule has 0 atom stereocenters. The lowest BCUT2D eigenvalue weighted by molar-refractivity contribution is 0.0952. The van der Waals surface area contributed by atoms with Gasteiger partial charge in [0.2, 0.25) is 11.8 Å². The topological polar surface area (TPSA) is 68.0 Å². The normalized spacial score (nSPS) is 13.6. The lowest BCUT2D eigenvalue weighted by atomic mass is 9.93. The molecule has 4 rings (SSSR count). The van der Waals surface area contributed by atoms with Crippen molar-refractivity contribution in [1.29, 1.82) is 0 Å². The number of hydrogen-bond donors (Lipinski definition) is 1. The Labute approximate surface area is 158 Å². The molecular weight excluding hydrogens is 338 g/mol. The molecule has 5 nitrogen and oxygen atoms in total. The Morgan fingerprint density at radius 3 is 2.52 bits per heavy atom. The van der Waals surface area contributed by atoms with Crippen LogP contribution in [0.25, 0.3) is 22.6 Å². The van der Waals surface area contributed by atoms with E-state index in [1.54, 1.807) is 6.92 Å². The smallest absolute Gasteiger partial charge is 0.251 e. The largest absolute Gasteiger partial charge is 0.421 e. The predicted molar refractivity (Wildman–Crippen MR) is 104 cm³/mol. The maximum atomic E-state index is 12.5. The average Bonchev–Trinajstić information content (AvgIpc) is 3.39. The molecule has 0 unspecified atom stereocenters. The molecule has 1 heterocycles. The predicted octanol–water partition coefficient (Wildman–Crippen LogP) is 4.47. The van der Waals surface area contributed by atoms with E-state index in [-0.39, 0.29) is 5.91 Å². The molecule has 27 heavy (non-hydrogen) atoms. The van der Waals surface area contributed by atoms with Crippen LogP contribution in [0.1, 0.15) is 40.2 Å². The van der Waals surface area contributed by atoms with Crippen LogP contribution >= 0.6 is 0 Å². The van der Waals surface area contributed by atoms with Crippen LogP contribution < -0.4 is 5.32 Å². The van der Waals surface area contributed by atoms with E-state index in [9.17, 15) is 4.79 Å². The van der Waals surface area contributed by atoms with Gasteiger partial charge in [0.1, 0.15) is 0 Å². The Morgan fingerprint density at radius 1 is 1.04 bits per heavy atom. The van der Waals surface area contributed by atoms with Crippen LogP contribution in [-0.2, 0) is 0 Å². The van der Waals surface area contributed by atoms with Crippen molar-refractivity contribution in [3.05, 3.63) is 59.0 Å². The number of carbonyl (C=O) groups is 1. The molecule has 2 aromatic carbocycles. The number of aromatic nitrogens is 2. The van der Waals surface area contributed by atoms with Crippen LogP contribution in [0.4, 0.5) is 0 Å². The van der Waals surface area contributed by atoms with Crippen molar-refractivity contribution in [2.45, 2.75) is 33.6 Å². The van der Waals surface area contributed by atoms with E-state index in [2.05, 4.69) is 35.4 Å². The second-order valence-electron chi connectivity index (χ2n) is 7.34. The zero-order valence-electron chi connectivity index (χ0n) is 15.9. The monoisotopic (exact) mass is 361 g/mol. The zero-order valence-corrected chi connectivity index (χ0v) is 15.9. The Morgan fingerprint density at radius 2 is 1.85 bits per heavy atom. The molecule has 0 saturated heterocycles. The molecule has 1 amide bonds. The third kappa shape index (κ3) is 3.77. The van der Waals surface area contributed by atoms with Crippen molar-refractivity contribution in [2.75, 3.05) is 6.54 Å². The Hall–Kier alpha value is -2.95. The van der Waals surface area contributed by atoms with E-state index in [4.69, 9.17) is 4.42 Å². The first-order valence-corrected chi connectivity index (χ1v) is 9.31. The van der Waals surface area contributed by atoms with Crippen molar-refractivity contribution in [3.63, 3.8) is 0 Å². The average molecular weight is 361 g/mol. The molecule has 0 spiro atoms. The maximum absolute atomic E-state index is 12.5. The van der Waals surface area contributed by atoms with Gasteiger partial charge in [-0.05, 0) is 79.1 Å². The van der Waals surface area contributed by atoms with Crippen LogP contribution in [0.3, 0.4) is 0 Å². The summed E-state index contributed by atoms with van der Waals surface area (Å²) in [4.78, 5) is 12.5. The number of hydrogen-bond acceptors (Lipinski definition) is 4. The van der Waals surface area contributed by atoms with Crippen molar-refractivity contribution >= 4 is 5.91 Å². The van der Waals surface area contributed by atoms with E-state index >= 15 is 0 Å². The number of amides is 1. The molecular formula is C22H23N3O2. The fourth-order valence-electron chi connectivity index (χ4n) is 3.23. The van der Waals surface area contributed by atoms with Crippen LogP contribution in [0.2, 0.25) is 0 Å². The summed E-state index contributed by atoms with van der Waals surface area (Å²) in [6, 6.07) is 12.0. The minimum Gasteiger partial charge on any atom is -0.421 e. The number of nitrogens with zero attached hydrogens (tertiary/aromatic N) is 2. The van der Waals surface area contributed by atoms with Gasteiger partial charge in [-0.15, -0.1) is 10.2 Å². The quantitative estimate of drug-likeness (QED) is 0.728. The molecule has 3 aromatic rings. The number of carbonyl (C=O) groups excluding carboxylic acids is 1. The van der Waals surface area contributed by atoms with Crippen molar-refractivity contribution in [1.82, 2.24) is 15.5 Å². The van der Waals surface area contributed by atoms with Crippen molar-refractivity contribution in [2.24, 2.45) is 5.92 Å². The van der Waals surface area contributed by atoms with Crippen LogP contribution in [-0.4, -0.2) is 22.6 Å². The summed E-state index contributed by atoms with van der Waals surface area (Å²) < 4.78 is 5.52. The van der Waals surface area contributed by atoms with E-state index in [1.165, 1.54) is 12.8 Å². The standard InChI is InChI=1S/C22H23N3O2/c1-13-4-7-17(21(26)23-12-16-5-6-16)11-20(13)19-9-8-18(10-14(19)2)22-25-24-15(3)27-22/h4,7-11,16H,5-6,12H2,1-3H3,(H,23,26). The van der Waals surface area contributed by atoms with Crippen molar-refractivity contribution in [3.8, 4) is 22.6 Å². The van der Waals surface area contributed by atoms with E-state index in [0.717, 1.165) is 34.4 Å². The molecule has 0 radical (unpaired) electrons. The van der Waals surface area contributed by atoms with Gasteiger partial charge >= 0.3 is 0 Å². The number of nitrogens with one attached hydrogen (secondary N) is 1. The van der Waals surface area contributed by atoms with E-state index < -0.39 is 0 Å². The molecule has 1 fully saturated rings. The number of rotatable bonds is 5. The molecule has 5 heteroatoms. The summed E-state index contributed by atoms with van der Waals surface area (Å²) in [6.07, 6.45) is 2.45. The van der Waals surface area contributed by atoms with Crippen LogP contribution in [0.15, 0.2) is 40.8 Å². The molecule has 1 saturated carbocycles.